The lowest BCUT2D eigenvalue weighted by atomic mass is 9.71. The van der Waals surface area contributed by atoms with Gasteiger partial charge in [0, 0.05) is 146 Å². The number of rotatable bonds is 27. The Labute approximate surface area is 664 Å². The van der Waals surface area contributed by atoms with Crippen molar-refractivity contribution in [1.82, 2.24) is 49.9 Å². The van der Waals surface area contributed by atoms with Gasteiger partial charge in [0.1, 0.15) is 29.1 Å². The number of thiazole rings is 1. The highest BCUT2D eigenvalue weighted by Gasteiger charge is 2.45. The molecule has 0 unspecified atom stereocenters. The molecule has 13 rings (SSSR count). The van der Waals surface area contributed by atoms with Gasteiger partial charge in [0.25, 0.3) is 21.6 Å². The zero-order chi connectivity index (χ0) is 79.0. The van der Waals surface area contributed by atoms with E-state index < -0.39 is 60.9 Å². The Balaban J connectivity index is 0.591. The normalized spacial score (nSPS) is 20.2. The number of carbonyl (C=O) groups excluding carboxylic acids is 5. The Bertz CT molecular complexity index is 4700. The van der Waals surface area contributed by atoms with Gasteiger partial charge < -0.3 is 55.1 Å². The number of β-amino-alcohol motifs (C(OH)–C–C–N with tert-alkyl or cyclic N) is 1. The minimum Gasteiger partial charge on any atom is -0.476 e. The number of aliphatic hydroxyl groups excluding tert-OH is 1. The summed E-state index contributed by atoms with van der Waals surface area (Å²) in [5, 5.41) is 33.9. The van der Waals surface area contributed by atoms with Gasteiger partial charge in [0.05, 0.1) is 55.9 Å². The van der Waals surface area contributed by atoms with Crippen LogP contribution in [0, 0.1) is 33.8 Å². The lowest BCUT2D eigenvalue weighted by Crippen LogP contribution is -2.57. The van der Waals surface area contributed by atoms with E-state index in [-0.39, 0.29) is 65.7 Å². The first-order valence-electron chi connectivity index (χ1n) is 39.5. The molecule has 0 saturated carbocycles. The number of H-pyrrole nitrogens is 1. The number of hydrogen-bond acceptors (Lipinski definition) is 20. The van der Waals surface area contributed by atoms with Crippen molar-refractivity contribution in [3.05, 3.63) is 152 Å². The first-order chi connectivity index (χ1) is 53.7. The molecule has 5 amide bonds. The molecule has 0 bridgehead atoms. The van der Waals surface area contributed by atoms with Crippen molar-refractivity contribution < 1.29 is 51.9 Å². The summed E-state index contributed by atoms with van der Waals surface area (Å²) < 4.78 is 42.4. The number of benzene rings is 4. The molecular formula is C83H105ClN14O12S2. The molecule has 4 aromatic carbocycles. The highest BCUT2D eigenvalue weighted by Crippen LogP contribution is 2.46. The second-order valence-electron chi connectivity index (χ2n) is 32.4. The molecule has 598 valence electrons. The quantitative estimate of drug-likeness (QED) is 0.0158. The highest BCUT2D eigenvalue weighted by molar-refractivity contribution is 7.90. The van der Waals surface area contributed by atoms with Gasteiger partial charge in [-0.2, -0.15) is 4.98 Å². The van der Waals surface area contributed by atoms with Crippen molar-refractivity contribution in [2.45, 2.75) is 154 Å². The molecule has 5 aliphatic heterocycles. The molecule has 26 nitrogen and oxygen atoms in total. The summed E-state index contributed by atoms with van der Waals surface area (Å²) in [6.07, 6.45) is 9.44. The number of aryl methyl sites for hydroxylation is 1. The topological polar surface area (TPSA) is 310 Å². The van der Waals surface area contributed by atoms with E-state index in [0.717, 1.165) is 123 Å². The summed E-state index contributed by atoms with van der Waals surface area (Å²) in [5.74, 6) is -1.19. The van der Waals surface area contributed by atoms with Crippen LogP contribution in [0.3, 0.4) is 0 Å². The maximum absolute atomic E-state index is 14.7. The molecule has 5 atom stereocenters. The largest absolute Gasteiger partial charge is 0.476 e. The number of sulfonamides is 1. The van der Waals surface area contributed by atoms with Crippen LogP contribution >= 0.6 is 22.9 Å². The van der Waals surface area contributed by atoms with Gasteiger partial charge in [-0.25, -0.2) is 18.1 Å². The van der Waals surface area contributed by atoms with E-state index in [0.29, 0.717) is 113 Å². The number of aromatic amines is 1. The minimum absolute atomic E-state index is 0.0134. The van der Waals surface area contributed by atoms with Crippen LogP contribution in [-0.4, -0.2) is 206 Å². The van der Waals surface area contributed by atoms with Gasteiger partial charge in [0.15, 0.2) is 0 Å². The van der Waals surface area contributed by atoms with Crippen LogP contribution in [0.1, 0.15) is 151 Å². The number of ether oxygens (including phenoxy) is 2. The number of aliphatic hydroxyl groups is 1. The van der Waals surface area contributed by atoms with Crippen molar-refractivity contribution in [2.75, 3.05) is 120 Å². The van der Waals surface area contributed by atoms with E-state index in [1.54, 1.807) is 23.6 Å². The minimum atomic E-state index is -4.64. The number of amides is 5. The van der Waals surface area contributed by atoms with Crippen LogP contribution in [0.5, 0.6) is 5.88 Å². The molecule has 4 fully saturated rings. The van der Waals surface area contributed by atoms with Crippen LogP contribution in [-0.2, 0) is 33.9 Å². The fraction of sp³-hybridized carbons (Fsp3) is 0.506. The number of anilines is 4. The number of aromatic nitrogens is 3. The number of nitro benzene ring substituents is 1. The van der Waals surface area contributed by atoms with Gasteiger partial charge in [-0.15, -0.1) is 11.3 Å². The molecule has 6 N–H and O–H groups in total. The molecule has 6 aliphatic rings. The van der Waals surface area contributed by atoms with Crippen LogP contribution in [0.25, 0.3) is 27.0 Å². The number of nitro groups is 1. The summed E-state index contributed by atoms with van der Waals surface area (Å²) in [7, 11) is -4.64. The number of likely N-dealkylation sites (tertiary alicyclic amines) is 1. The number of pyridine rings is 1. The SMILES string of the molecule is Cc1ncsc1-c1ccc([C@H](C)NC(=O)[C@@H]2C[C@@H](O)CN2C(=O)[C@@H](NC(=O)CCCCCCC(=O)N2CCN(C[C@@]3(C)CCC(c4ccc(Cl)cc4)=C(CN4CCN(c5ccc(C(=O)NS(=O)(=O)c6ccc(NCC7CCOCC7)c([N+](=O)[O-])c6)c(N6CCCOc7nc8[nH]ccc8cc76)c5)CC4)C3)CC2)C(C)(C)C)cc1. The fourth-order valence-corrected chi connectivity index (χ4v) is 18.5. The van der Waals surface area contributed by atoms with Crippen molar-refractivity contribution in [3.8, 4) is 16.3 Å². The van der Waals surface area contributed by atoms with Gasteiger partial charge in [-0.3, -0.25) is 43.9 Å². The summed E-state index contributed by atoms with van der Waals surface area (Å²) >= 11 is 8.05. The number of piperazine rings is 2. The third-order valence-corrected chi connectivity index (χ3v) is 25.6. The van der Waals surface area contributed by atoms with Crippen LogP contribution in [0.15, 0.2) is 119 Å². The van der Waals surface area contributed by atoms with Crippen molar-refractivity contribution in [1.29, 1.82) is 0 Å². The Hall–Kier alpha value is -9.03. The number of fused-ring (bicyclic) bond motifs is 2. The standard InChI is InChI=1S/C83H105ClN14O12S2/c1-54(57-14-16-59(17-15-57)75-55(2)87-53-111-75)88-79(103)71-46-64(99)51-97(71)81(104)76(82(3,4)5)89-73(100)12-9-7-8-10-13-74(101)95-39-35-93(36-40-95)52-83(6)30-26-66(58-18-20-62(84)21-19-58)61(48-83)50-92-33-37-94(38-34-92)63-22-24-67(69(45-63)96-32-11-41-110-80-72(96)44-60-27-31-85-77(60)90-80)78(102)91-112(107,108)65-23-25-68(70(47-65)98(105)106)86-49-56-28-42-109-43-29-56/h14-25,27,31,44-45,47,53-54,56,64,71,76,86,99H,7-13,26,28-30,32-43,46,48-52H2,1-6H3,(H,85,90)(H,88,103)(H,89,100)(H,91,102)/t54-,64+,71-,76+,83-/m0/s1. The van der Waals surface area contributed by atoms with Crippen molar-refractivity contribution in [3.63, 3.8) is 0 Å². The molecule has 3 aromatic heterocycles. The van der Waals surface area contributed by atoms with E-state index >= 15 is 0 Å². The summed E-state index contributed by atoms with van der Waals surface area (Å²) in [5.41, 5.74) is 10.3. The molecule has 4 saturated heterocycles. The van der Waals surface area contributed by atoms with Crippen LogP contribution < -0.4 is 35.2 Å². The van der Waals surface area contributed by atoms with E-state index in [2.05, 4.69) is 64.4 Å². The summed E-state index contributed by atoms with van der Waals surface area (Å²) in [6, 6.07) is 26.8. The smallest absolute Gasteiger partial charge is 0.293 e. The molecule has 7 aromatic rings. The van der Waals surface area contributed by atoms with E-state index in [4.69, 9.17) is 26.1 Å². The third-order valence-electron chi connectivity index (χ3n) is 23.0. The molecule has 0 radical (unpaired) electrons. The lowest BCUT2D eigenvalue weighted by Gasteiger charge is -2.44. The van der Waals surface area contributed by atoms with E-state index in [1.165, 1.54) is 33.7 Å². The number of halogens is 1. The number of allylic oxidation sites excluding steroid dienone is 1. The maximum Gasteiger partial charge on any atom is 0.293 e. The Kier molecular flexibility index (Phi) is 25.7. The van der Waals surface area contributed by atoms with Crippen molar-refractivity contribution >= 4 is 108 Å². The zero-order valence-electron chi connectivity index (χ0n) is 64.9. The van der Waals surface area contributed by atoms with Gasteiger partial charge >= 0.3 is 0 Å². The van der Waals surface area contributed by atoms with Crippen LogP contribution in [0.4, 0.5) is 28.4 Å². The third kappa shape index (κ3) is 19.6. The lowest BCUT2D eigenvalue weighted by molar-refractivity contribution is -0.384. The second kappa shape index (κ2) is 35.6. The number of unbranched alkanes of at least 4 members (excludes halogenated alkanes) is 3. The predicted octanol–water partition coefficient (Wildman–Crippen LogP) is 12.1. The number of nitrogens with one attached hydrogen (secondary N) is 5. The molecular weight excluding hydrogens is 1480 g/mol. The molecule has 0 spiro atoms. The fourth-order valence-electron chi connectivity index (χ4n) is 16.6. The highest BCUT2D eigenvalue weighted by atomic mass is 35.5. The number of hydrogen-bond donors (Lipinski definition) is 6. The first kappa shape index (κ1) is 81.0. The molecule has 29 heteroatoms. The monoisotopic (exact) mass is 1590 g/mol. The van der Waals surface area contributed by atoms with Gasteiger partial charge in [0.2, 0.25) is 29.5 Å². The van der Waals surface area contributed by atoms with E-state index in [9.17, 15) is 47.6 Å². The Morgan fingerprint density at radius 2 is 1.56 bits per heavy atom. The average molecular weight is 1590 g/mol. The second-order valence-corrected chi connectivity index (χ2v) is 35.4. The average Bonchev–Trinajstić information content (AvgIpc) is 1.45. The zero-order valence-corrected chi connectivity index (χ0v) is 67.3. The van der Waals surface area contributed by atoms with Crippen LogP contribution in [0.2, 0.25) is 5.02 Å². The summed E-state index contributed by atoms with van der Waals surface area (Å²) in [6.45, 7) is 21.7. The maximum atomic E-state index is 14.7. The summed E-state index contributed by atoms with van der Waals surface area (Å²) in [4.78, 5) is 108. The van der Waals surface area contributed by atoms with E-state index in [1.807, 2.05) is 111 Å². The molecule has 1 aliphatic carbocycles. The Morgan fingerprint density at radius 1 is 0.839 bits per heavy atom. The number of carbonyl (C=O) groups is 5. The van der Waals surface area contributed by atoms with Gasteiger partial charge in [-0.1, -0.05) is 94.1 Å². The van der Waals surface area contributed by atoms with Crippen molar-refractivity contribution in [2.24, 2.45) is 16.7 Å². The van der Waals surface area contributed by atoms with Gasteiger partial charge in [-0.05, 0) is 159 Å². The molecule has 112 heavy (non-hydrogen) atoms. The molecule has 8 heterocycles. The first-order valence-corrected chi connectivity index (χ1v) is 42.2. The number of nitrogens with zero attached hydrogens (tertiary/aromatic N) is 9. The predicted molar refractivity (Wildman–Crippen MR) is 435 cm³/mol. The Morgan fingerprint density at radius 3 is 2.28 bits per heavy atom.